The number of nitrogens with zero attached hydrogens (tertiary/aromatic N) is 2. The number of ether oxygens (including phenoxy) is 1. The summed E-state index contributed by atoms with van der Waals surface area (Å²) in [6, 6.07) is 10.8. The molecule has 0 unspecified atom stereocenters. The molecule has 2 aromatic carbocycles. The van der Waals surface area contributed by atoms with E-state index < -0.39 is 27.8 Å². The molecule has 1 fully saturated rings. The summed E-state index contributed by atoms with van der Waals surface area (Å²) in [6.45, 7) is 0.749. The van der Waals surface area contributed by atoms with E-state index in [1.165, 1.54) is 23.1 Å². The number of benzene rings is 2. The molecule has 0 aromatic heterocycles. The molecular formula is C24H28ClN5O6S. The number of aliphatic carboxylic acids is 1. The molecule has 13 heteroatoms. The second kappa shape index (κ2) is 12.0. The first-order valence-electron chi connectivity index (χ1n) is 11.3. The molecule has 0 saturated carbocycles. The van der Waals surface area contributed by atoms with Gasteiger partial charge in [-0.15, -0.1) is 0 Å². The quantitative estimate of drug-likeness (QED) is 0.259. The van der Waals surface area contributed by atoms with Gasteiger partial charge in [-0.3, -0.25) is 14.5 Å². The first-order valence-corrected chi connectivity index (χ1v) is 13.3. The van der Waals surface area contributed by atoms with Crippen LogP contribution in [0.25, 0.3) is 6.08 Å². The average molecular weight is 550 g/mol. The molecule has 1 heterocycles. The summed E-state index contributed by atoms with van der Waals surface area (Å²) in [6.07, 6.45) is 4.14. The summed E-state index contributed by atoms with van der Waals surface area (Å²) in [7, 11) is -4.24. The number of rotatable bonds is 10. The number of carboxylic acids is 1. The van der Waals surface area contributed by atoms with Crippen LogP contribution in [0.4, 0.5) is 10.5 Å². The van der Waals surface area contributed by atoms with Crippen LogP contribution >= 0.6 is 11.6 Å². The number of carbonyl (C=O) groups is 2. The molecule has 2 amide bonds. The number of amides is 2. The number of nitrogen functional groups attached to an aromatic ring is 1. The van der Waals surface area contributed by atoms with Gasteiger partial charge in [0.05, 0.1) is 17.3 Å². The summed E-state index contributed by atoms with van der Waals surface area (Å²) in [5.41, 5.74) is 12.2. The van der Waals surface area contributed by atoms with Crippen molar-refractivity contribution in [2.24, 2.45) is 11.5 Å². The lowest BCUT2D eigenvalue weighted by atomic mass is 10.1. The number of urea groups is 1. The normalized spacial score (nSPS) is 14.5. The van der Waals surface area contributed by atoms with Crippen molar-refractivity contribution in [2.75, 3.05) is 29.7 Å². The number of sulfonamides is 1. The van der Waals surface area contributed by atoms with E-state index in [1.807, 2.05) is 0 Å². The van der Waals surface area contributed by atoms with Crippen molar-refractivity contribution in [3.63, 3.8) is 0 Å². The first-order chi connectivity index (χ1) is 17.5. The Bertz CT molecular complexity index is 1310. The van der Waals surface area contributed by atoms with Gasteiger partial charge >= 0.3 is 12.0 Å². The Labute approximate surface area is 219 Å². The maximum absolute atomic E-state index is 12.9. The highest BCUT2D eigenvalue weighted by atomic mass is 35.5. The minimum absolute atomic E-state index is 0.101. The number of hydrogen-bond donors (Lipinski definition) is 4. The van der Waals surface area contributed by atoms with Crippen molar-refractivity contribution < 1.29 is 27.9 Å². The largest absolute Gasteiger partial charge is 0.489 e. The second-order valence-corrected chi connectivity index (χ2v) is 10.7. The molecule has 6 N–H and O–H groups in total. The molecule has 1 aliphatic heterocycles. The average Bonchev–Trinajstić information content (AvgIpc) is 2.83. The van der Waals surface area contributed by atoms with Crippen LogP contribution in [0.5, 0.6) is 5.75 Å². The summed E-state index contributed by atoms with van der Waals surface area (Å²) in [4.78, 5) is 24.0. The highest BCUT2D eigenvalue weighted by molar-refractivity contribution is 7.93. The van der Waals surface area contributed by atoms with Crippen molar-refractivity contribution in [2.45, 2.75) is 18.9 Å². The van der Waals surface area contributed by atoms with Crippen molar-refractivity contribution >= 4 is 51.2 Å². The lowest BCUT2D eigenvalue weighted by Gasteiger charge is -2.31. The topological polar surface area (TPSA) is 180 Å². The molecule has 0 aliphatic carbocycles. The second-order valence-electron chi connectivity index (χ2n) is 8.38. The molecule has 11 nitrogen and oxygen atoms in total. The maximum atomic E-state index is 12.9. The van der Waals surface area contributed by atoms with Gasteiger partial charge in [-0.25, -0.2) is 13.2 Å². The van der Waals surface area contributed by atoms with E-state index >= 15 is 0 Å². The van der Waals surface area contributed by atoms with Crippen molar-refractivity contribution in [3.8, 4) is 5.75 Å². The van der Waals surface area contributed by atoms with E-state index in [4.69, 9.17) is 38.3 Å². The molecule has 198 valence electrons. The van der Waals surface area contributed by atoms with Crippen LogP contribution in [0.15, 0.2) is 48.5 Å². The molecule has 0 spiro atoms. The fraction of sp³-hybridized carbons (Fsp3) is 0.292. The summed E-state index contributed by atoms with van der Waals surface area (Å²) in [5.74, 6) is -2.35. The predicted octanol–water partition coefficient (Wildman–Crippen LogP) is 2.48. The smallest absolute Gasteiger partial charge is 0.320 e. The van der Waals surface area contributed by atoms with E-state index in [2.05, 4.69) is 0 Å². The molecular weight excluding hydrogens is 522 g/mol. The zero-order valence-corrected chi connectivity index (χ0v) is 21.4. The van der Waals surface area contributed by atoms with E-state index in [0.717, 1.165) is 4.31 Å². The maximum Gasteiger partial charge on any atom is 0.320 e. The number of hydrogen-bond acceptors (Lipinski definition) is 6. The minimum Gasteiger partial charge on any atom is -0.489 e. The molecule has 2 aromatic rings. The molecule has 37 heavy (non-hydrogen) atoms. The lowest BCUT2D eigenvalue weighted by Crippen LogP contribution is -2.44. The predicted molar refractivity (Wildman–Crippen MR) is 142 cm³/mol. The zero-order valence-electron chi connectivity index (χ0n) is 19.8. The van der Waals surface area contributed by atoms with Gasteiger partial charge in [-0.1, -0.05) is 42.0 Å². The van der Waals surface area contributed by atoms with E-state index in [-0.39, 0.29) is 29.2 Å². The molecule has 0 bridgehead atoms. The highest BCUT2D eigenvalue weighted by Crippen LogP contribution is 2.32. The number of nitrogens with one attached hydrogen (secondary N) is 1. The minimum atomic E-state index is -4.24. The van der Waals surface area contributed by atoms with Gasteiger partial charge in [0, 0.05) is 31.5 Å². The summed E-state index contributed by atoms with van der Waals surface area (Å²) < 4.78 is 32.7. The van der Waals surface area contributed by atoms with Gasteiger partial charge in [0.1, 0.15) is 17.7 Å². The summed E-state index contributed by atoms with van der Waals surface area (Å²) >= 11 is 6.41. The van der Waals surface area contributed by atoms with Gasteiger partial charge < -0.3 is 26.2 Å². The Morgan fingerprint density at radius 2 is 1.89 bits per heavy atom. The molecule has 3 rings (SSSR count). The van der Waals surface area contributed by atoms with Crippen molar-refractivity contribution in [1.82, 2.24) is 4.90 Å². The number of primary amides is 1. The van der Waals surface area contributed by atoms with Gasteiger partial charge in [-0.2, -0.15) is 0 Å². The molecule has 0 radical (unpaired) electrons. The van der Waals surface area contributed by atoms with Crippen LogP contribution in [-0.2, 0) is 14.8 Å². The van der Waals surface area contributed by atoms with Crippen LogP contribution in [0.3, 0.4) is 0 Å². The van der Waals surface area contributed by atoms with Crippen LogP contribution in [0, 0.1) is 5.41 Å². The third-order valence-electron chi connectivity index (χ3n) is 5.67. The SMILES string of the molecule is N=C(N)c1cccc(/C=C/CN(c2ccc(OC3CCN(C(N)=O)CC3)c(Cl)c2)S(=O)(=O)CC(=O)O)c1. The third-order valence-corrected chi connectivity index (χ3v) is 7.61. The number of likely N-dealkylation sites (tertiary alicyclic amines) is 1. The number of nitrogens with two attached hydrogens (primary N) is 2. The third kappa shape index (κ3) is 7.61. The lowest BCUT2D eigenvalue weighted by molar-refractivity contribution is -0.134. The molecule has 0 atom stereocenters. The Kier molecular flexibility index (Phi) is 9.00. The zero-order chi connectivity index (χ0) is 27.2. The van der Waals surface area contributed by atoms with Crippen LogP contribution < -0.4 is 20.5 Å². The van der Waals surface area contributed by atoms with E-state index in [1.54, 1.807) is 36.4 Å². The Hall–Kier alpha value is -3.77. The van der Waals surface area contributed by atoms with E-state index in [0.29, 0.717) is 42.8 Å². The van der Waals surface area contributed by atoms with Crippen LogP contribution in [0.1, 0.15) is 24.0 Å². The standard InChI is InChI=1S/C24H28ClN5O6S/c25-20-14-18(6-7-21(20)36-19-8-11-29(12-9-19)24(28)33)30(37(34,35)15-22(31)32)10-2-4-16-3-1-5-17(13-16)23(26)27/h1-7,13-14,19H,8-12,15H2,(H3,26,27)(H2,28,33)(H,31,32)/b4-2+. The van der Waals surface area contributed by atoms with Gasteiger partial charge in [0.25, 0.3) is 0 Å². The Morgan fingerprint density at radius 1 is 1.19 bits per heavy atom. The number of piperidine rings is 1. The van der Waals surface area contributed by atoms with Gasteiger partial charge in [0.2, 0.25) is 10.0 Å². The number of amidine groups is 1. The van der Waals surface area contributed by atoms with E-state index in [9.17, 15) is 18.0 Å². The Morgan fingerprint density at radius 3 is 2.49 bits per heavy atom. The monoisotopic (exact) mass is 549 g/mol. The number of carbonyl (C=O) groups excluding carboxylic acids is 1. The number of halogens is 1. The van der Waals surface area contributed by atoms with Crippen molar-refractivity contribution in [1.29, 1.82) is 5.41 Å². The number of carboxylic acid groups (broad SMARTS) is 1. The van der Waals surface area contributed by atoms with Gasteiger partial charge in [-0.05, 0) is 29.8 Å². The van der Waals surface area contributed by atoms with Crippen LogP contribution in [-0.4, -0.2) is 67.8 Å². The van der Waals surface area contributed by atoms with Gasteiger partial charge in [0.15, 0.2) is 5.75 Å². The molecule has 1 saturated heterocycles. The van der Waals surface area contributed by atoms with Crippen molar-refractivity contribution in [3.05, 3.63) is 64.7 Å². The molecule has 1 aliphatic rings. The fourth-order valence-electron chi connectivity index (χ4n) is 3.82. The van der Waals surface area contributed by atoms with Crippen LogP contribution in [0.2, 0.25) is 5.02 Å². The fourth-order valence-corrected chi connectivity index (χ4v) is 5.26. The highest BCUT2D eigenvalue weighted by Gasteiger charge is 2.27. The Balaban J connectivity index is 1.80. The summed E-state index contributed by atoms with van der Waals surface area (Å²) in [5, 5.41) is 16.8. The first kappa shape index (κ1) is 27.8. The number of anilines is 1.